The third kappa shape index (κ3) is 3.03. The van der Waals surface area contributed by atoms with Crippen LogP contribution in [0.5, 0.6) is 11.5 Å². The molecule has 0 saturated heterocycles. The van der Waals surface area contributed by atoms with E-state index < -0.39 is 0 Å². The van der Waals surface area contributed by atoms with Crippen LogP contribution in [0.4, 0.5) is 0 Å². The van der Waals surface area contributed by atoms with Crippen molar-refractivity contribution in [3.05, 3.63) is 70.7 Å². The third-order valence-electron chi connectivity index (χ3n) is 3.38. The molecular formula is C18H15BrO2. The van der Waals surface area contributed by atoms with E-state index in [2.05, 4.69) is 28.1 Å². The molecule has 0 aliphatic carbocycles. The van der Waals surface area contributed by atoms with Gasteiger partial charge in [0.05, 0.1) is 7.11 Å². The maximum Gasteiger partial charge on any atom is 0.127 e. The van der Waals surface area contributed by atoms with Crippen molar-refractivity contribution in [1.82, 2.24) is 0 Å². The second-order valence-electron chi connectivity index (χ2n) is 4.73. The van der Waals surface area contributed by atoms with Gasteiger partial charge < -0.3 is 9.47 Å². The van der Waals surface area contributed by atoms with Crippen LogP contribution in [0.1, 0.15) is 5.56 Å². The van der Waals surface area contributed by atoms with E-state index >= 15 is 0 Å². The minimum atomic E-state index is 0.537. The minimum absolute atomic E-state index is 0.537. The number of hydrogen-bond donors (Lipinski definition) is 0. The van der Waals surface area contributed by atoms with Crippen LogP contribution in [-0.4, -0.2) is 7.11 Å². The molecule has 3 aromatic carbocycles. The fourth-order valence-electron chi connectivity index (χ4n) is 2.24. The van der Waals surface area contributed by atoms with Gasteiger partial charge in [0.1, 0.15) is 18.1 Å². The zero-order valence-electron chi connectivity index (χ0n) is 11.7. The van der Waals surface area contributed by atoms with Crippen molar-refractivity contribution >= 4 is 26.7 Å². The summed E-state index contributed by atoms with van der Waals surface area (Å²) in [6.07, 6.45) is 0. The normalized spacial score (nSPS) is 10.6. The maximum atomic E-state index is 5.97. The molecule has 2 nitrogen and oxygen atoms in total. The van der Waals surface area contributed by atoms with Crippen LogP contribution in [0, 0.1) is 0 Å². The molecule has 0 amide bonds. The fraction of sp³-hybridized carbons (Fsp3) is 0.111. The highest BCUT2D eigenvalue weighted by molar-refractivity contribution is 9.10. The Morgan fingerprint density at radius 3 is 2.29 bits per heavy atom. The number of methoxy groups -OCH3 is 1. The summed E-state index contributed by atoms with van der Waals surface area (Å²) >= 11 is 3.57. The van der Waals surface area contributed by atoms with Crippen LogP contribution in [0.25, 0.3) is 10.8 Å². The van der Waals surface area contributed by atoms with E-state index in [0.29, 0.717) is 6.61 Å². The van der Waals surface area contributed by atoms with Gasteiger partial charge in [-0.25, -0.2) is 0 Å². The molecular weight excluding hydrogens is 328 g/mol. The van der Waals surface area contributed by atoms with Gasteiger partial charge >= 0.3 is 0 Å². The Bertz CT molecular complexity index is 751. The maximum absolute atomic E-state index is 5.97. The molecule has 3 rings (SSSR count). The van der Waals surface area contributed by atoms with E-state index in [1.807, 2.05) is 48.5 Å². The Morgan fingerprint density at radius 1 is 0.857 bits per heavy atom. The van der Waals surface area contributed by atoms with Gasteiger partial charge in [-0.15, -0.1) is 0 Å². The van der Waals surface area contributed by atoms with Gasteiger partial charge in [-0.3, -0.25) is 0 Å². The van der Waals surface area contributed by atoms with Crippen molar-refractivity contribution in [3.8, 4) is 11.5 Å². The summed E-state index contributed by atoms with van der Waals surface area (Å²) in [5.41, 5.74) is 1.11. The molecule has 0 bridgehead atoms. The Labute approximate surface area is 132 Å². The van der Waals surface area contributed by atoms with E-state index in [0.717, 1.165) is 32.3 Å². The topological polar surface area (TPSA) is 18.5 Å². The minimum Gasteiger partial charge on any atom is -0.497 e. The Morgan fingerprint density at radius 2 is 1.57 bits per heavy atom. The van der Waals surface area contributed by atoms with Crippen LogP contribution in [-0.2, 0) is 6.61 Å². The molecule has 3 heteroatoms. The number of fused-ring (bicyclic) bond motifs is 1. The highest BCUT2D eigenvalue weighted by Crippen LogP contribution is 2.31. The van der Waals surface area contributed by atoms with Crippen molar-refractivity contribution < 1.29 is 9.47 Å². The summed E-state index contributed by atoms with van der Waals surface area (Å²) < 4.78 is 12.2. The summed E-state index contributed by atoms with van der Waals surface area (Å²) in [7, 11) is 1.67. The quantitative estimate of drug-likeness (QED) is 0.649. The van der Waals surface area contributed by atoms with Gasteiger partial charge in [0.15, 0.2) is 0 Å². The zero-order valence-corrected chi connectivity index (χ0v) is 13.3. The molecule has 0 radical (unpaired) electrons. The largest absolute Gasteiger partial charge is 0.497 e. The van der Waals surface area contributed by atoms with Crippen LogP contribution >= 0.6 is 15.9 Å². The van der Waals surface area contributed by atoms with Crippen LogP contribution in [0.3, 0.4) is 0 Å². The Kier molecular flexibility index (Phi) is 4.11. The van der Waals surface area contributed by atoms with E-state index in [4.69, 9.17) is 9.47 Å². The van der Waals surface area contributed by atoms with E-state index in [9.17, 15) is 0 Å². The Hall–Kier alpha value is -2.00. The van der Waals surface area contributed by atoms with E-state index in [1.165, 1.54) is 0 Å². The highest BCUT2D eigenvalue weighted by Gasteiger charge is 2.05. The summed E-state index contributed by atoms with van der Waals surface area (Å²) in [4.78, 5) is 0. The van der Waals surface area contributed by atoms with Crippen LogP contribution in [0.2, 0.25) is 0 Å². The number of benzene rings is 3. The molecule has 0 spiro atoms. The average Bonchev–Trinajstić information content (AvgIpc) is 2.55. The second kappa shape index (κ2) is 6.19. The second-order valence-corrected chi connectivity index (χ2v) is 5.58. The molecule has 0 atom stereocenters. The monoisotopic (exact) mass is 342 g/mol. The third-order valence-corrected chi connectivity index (χ3v) is 4.08. The van der Waals surface area contributed by atoms with Crippen molar-refractivity contribution in [2.45, 2.75) is 6.61 Å². The smallest absolute Gasteiger partial charge is 0.127 e. The summed E-state index contributed by atoms with van der Waals surface area (Å²) in [5, 5.41) is 2.27. The zero-order chi connectivity index (χ0) is 14.7. The number of halogens is 1. The van der Waals surface area contributed by atoms with Crippen molar-refractivity contribution in [2.24, 2.45) is 0 Å². The van der Waals surface area contributed by atoms with Gasteiger partial charge in [0.2, 0.25) is 0 Å². The highest BCUT2D eigenvalue weighted by atomic mass is 79.9. The summed E-state index contributed by atoms with van der Waals surface area (Å²) in [5.74, 6) is 1.75. The van der Waals surface area contributed by atoms with Crippen molar-refractivity contribution in [1.29, 1.82) is 0 Å². The lowest BCUT2D eigenvalue weighted by atomic mass is 10.1. The van der Waals surface area contributed by atoms with Gasteiger partial charge in [-0.1, -0.05) is 52.3 Å². The van der Waals surface area contributed by atoms with E-state index in [-0.39, 0.29) is 0 Å². The van der Waals surface area contributed by atoms with Crippen LogP contribution < -0.4 is 9.47 Å². The molecule has 3 aromatic rings. The summed E-state index contributed by atoms with van der Waals surface area (Å²) in [6, 6.07) is 20.1. The molecule has 0 unspecified atom stereocenters. The number of hydrogen-bond acceptors (Lipinski definition) is 2. The molecule has 0 aliphatic heterocycles. The molecule has 0 saturated carbocycles. The van der Waals surface area contributed by atoms with Gasteiger partial charge in [-0.2, -0.15) is 0 Å². The lowest BCUT2D eigenvalue weighted by Gasteiger charge is -2.11. The standard InChI is InChI=1S/C18H15BrO2/c1-20-14-8-6-13(7-9-14)12-21-18-11-10-17(19)15-4-2-3-5-16(15)18/h2-11H,12H2,1H3. The van der Waals surface area contributed by atoms with Gasteiger partial charge in [-0.05, 0) is 35.2 Å². The molecule has 21 heavy (non-hydrogen) atoms. The molecule has 0 aromatic heterocycles. The lowest BCUT2D eigenvalue weighted by Crippen LogP contribution is -1.96. The summed E-state index contributed by atoms with van der Waals surface area (Å²) in [6.45, 7) is 0.537. The first-order valence-electron chi connectivity index (χ1n) is 6.71. The fourth-order valence-corrected chi connectivity index (χ4v) is 2.72. The Balaban J connectivity index is 1.83. The number of rotatable bonds is 4. The van der Waals surface area contributed by atoms with E-state index in [1.54, 1.807) is 7.11 Å². The number of ether oxygens (including phenoxy) is 2. The van der Waals surface area contributed by atoms with Crippen molar-refractivity contribution in [3.63, 3.8) is 0 Å². The van der Waals surface area contributed by atoms with Gasteiger partial charge in [0.25, 0.3) is 0 Å². The first-order valence-corrected chi connectivity index (χ1v) is 7.50. The average molecular weight is 343 g/mol. The van der Waals surface area contributed by atoms with Crippen LogP contribution in [0.15, 0.2) is 65.1 Å². The molecule has 0 aliphatic rings. The van der Waals surface area contributed by atoms with Gasteiger partial charge in [0, 0.05) is 9.86 Å². The molecule has 0 heterocycles. The van der Waals surface area contributed by atoms with Crippen molar-refractivity contribution in [2.75, 3.05) is 7.11 Å². The lowest BCUT2D eigenvalue weighted by molar-refractivity contribution is 0.309. The predicted octanol–water partition coefficient (Wildman–Crippen LogP) is 5.19. The predicted molar refractivity (Wildman–Crippen MR) is 89.0 cm³/mol. The SMILES string of the molecule is COc1ccc(COc2ccc(Br)c3ccccc23)cc1. The molecule has 0 fully saturated rings. The first-order chi connectivity index (χ1) is 10.3. The molecule has 106 valence electrons. The first kappa shape index (κ1) is 14.0. The molecule has 0 N–H and O–H groups in total.